The van der Waals surface area contributed by atoms with E-state index >= 15 is 0 Å². The molecule has 0 N–H and O–H groups in total. The van der Waals surface area contributed by atoms with Crippen molar-refractivity contribution >= 4 is 12.2 Å². The number of allylic oxidation sites excluding steroid dienone is 2. The number of oxime groups is 1. The van der Waals surface area contributed by atoms with E-state index in [1.54, 1.807) is 6.21 Å². The Labute approximate surface area is 109 Å². The normalized spacial score (nSPS) is 26.5. The molecule has 0 heterocycles. The first kappa shape index (κ1) is 14.7. The summed E-state index contributed by atoms with van der Waals surface area (Å²) >= 11 is 0. The molecule has 0 amide bonds. The van der Waals surface area contributed by atoms with Gasteiger partial charge in [-0.05, 0) is 37.7 Å². The van der Waals surface area contributed by atoms with E-state index < -0.39 is 0 Å². The quantitative estimate of drug-likeness (QED) is 0.430. The third kappa shape index (κ3) is 3.34. The molecule has 102 valence electrons. The molecule has 1 rings (SSSR count). The minimum atomic E-state index is -0.135. The summed E-state index contributed by atoms with van der Waals surface area (Å²) < 4.78 is 4.81. The van der Waals surface area contributed by atoms with E-state index in [9.17, 15) is 4.79 Å². The van der Waals surface area contributed by atoms with Crippen molar-refractivity contribution in [1.29, 1.82) is 0 Å². The summed E-state index contributed by atoms with van der Waals surface area (Å²) in [5.74, 6) is 0.0386. The fourth-order valence-electron chi connectivity index (χ4n) is 2.13. The van der Waals surface area contributed by atoms with Crippen LogP contribution in [0.2, 0.25) is 0 Å². The first-order valence-electron chi connectivity index (χ1n) is 6.26. The van der Waals surface area contributed by atoms with Crippen molar-refractivity contribution < 1.29 is 14.4 Å². The highest BCUT2D eigenvalue weighted by atomic mass is 16.6. The van der Waals surface area contributed by atoms with E-state index in [-0.39, 0.29) is 29.3 Å². The predicted octanol–water partition coefficient (Wildman–Crippen LogP) is 2.79. The van der Waals surface area contributed by atoms with Crippen molar-refractivity contribution in [3.8, 4) is 0 Å². The standard InChI is InChI=1S/C14H23NO3/c1-9(2)18-15-8-10(3)7-11-12(13(16)17-6)14(11,4)5/h7-9,11-12H,1-6H3/b10-7?,15-8+. The van der Waals surface area contributed by atoms with E-state index in [0.717, 1.165) is 5.57 Å². The molecule has 0 bridgehead atoms. The van der Waals surface area contributed by atoms with Crippen LogP contribution in [0.1, 0.15) is 34.6 Å². The third-order valence-electron chi connectivity index (χ3n) is 3.34. The lowest BCUT2D eigenvalue weighted by atomic mass is 10.1. The number of hydrogen-bond acceptors (Lipinski definition) is 4. The molecule has 18 heavy (non-hydrogen) atoms. The molecule has 2 atom stereocenters. The molecule has 0 aromatic rings. The first-order chi connectivity index (χ1) is 8.30. The van der Waals surface area contributed by atoms with Gasteiger partial charge in [0.1, 0.15) is 6.10 Å². The number of carbonyl (C=O) groups is 1. The molecule has 0 radical (unpaired) electrons. The number of ether oxygens (including phenoxy) is 1. The summed E-state index contributed by atoms with van der Waals surface area (Å²) in [4.78, 5) is 16.7. The minimum Gasteiger partial charge on any atom is -0.469 e. The molecule has 1 fully saturated rings. The van der Waals surface area contributed by atoms with E-state index in [1.807, 2.05) is 20.8 Å². The second-order valence-corrected chi connectivity index (χ2v) is 5.65. The largest absolute Gasteiger partial charge is 0.469 e. The fraction of sp³-hybridized carbons (Fsp3) is 0.714. The zero-order valence-electron chi connectivity index (χ0n) is 12.1. The Bertz CT molecular complexity index is 369. The summed E-state index contributed by atoms with van der Waals surface area (Å²) in [6.07, 6.45) is 3.83. The van der Waals surface area contributed by atoms with Crippen LogP contribution in [0.4, 0.5) is 0 Å². The number of carbonyl (C=O) groups excluding carboxylic acids is 1. The summed E-state index contributed by atoms with van der Waals surface area (Å²) in [5.41, 5.74) is 0.973. The summed E-state index contributed by atoms with van der Waals surface area (Å²) in [6.45, 7) is 9.95. The number of hydrogen-bond donors (Lipinski definition) is 0. The second-order valence-electron chi connectivity index (χ2n) is 5.65. The first-order valence-corrected chi connectivity index (χ1v) is 6.26. The molecule has 4 heteroatoms. The van der Waals surface area contributed by atoms with Crippen LogP contribution >= 0.6 is 0 Å². The highest BCUT2D eigenvalue weighted by molar-refractivity contribution is 5.80. The van der Waals surface area contributed by atoms with Gasteiger partial charge in [0.15, 0.2) is 0 Å². The lowest BCUT2D eigenvalue weighted by molar-refractivity contribution is -0.143. The Morgan fingerprint density at radius 3 is 2.50 bits per heavy atom. The molecule has 0 aromatic carbocycles. The molecule has 0 aromatic heterocycles. The van der Waals surface area contributed by atoms with Gasteiger partial charge in [-0.25, -0.2) is 0 Å². The second kappa shape index (κ2) is 5.55. The van der Waals surface area contributed by atoms with E-state index in [0.29, 0.717) is 0 Å². The van der Waals surface area contributed by atoms with Crippen molar-refractivity contribution in [2.75, 3.05) is 7.11 Å². The molecule has 0 saturated heterocycles. The van der Waals surface area contributed by atoms with Crippen molar-refractivity contribution in [3.05, 3.63) is 11.6 Å². The zero-order chi connectivity index (χ0) is 13.9. The van der Waals surface area contributed by atoms with Crippen LogP contribution in [-0.4, -0.2) is 25.4 Å². The van der Waals surface area contributed by atoms with Crippen molar-refractivity contribution in [3.63, 3.8) is 0 Å². The Morgan fingerprint density at radius 2 is 2.00 bits per heavy atom. The van der Waals surface area contributed by atoms with Crippen LogP contribution in [0.5, 0.6) is 0 Å². The predicted molar refractivity (Wildman–Crippen MR) is 71.2 cm³/mol. The number of esters is 1. The number of nitrogens with zero attached hydrogens (tertiary/aromatic N) is 1. The number of methoxy groups -OCH3 is 1. The topological polar surface area (TPSA) is 47.9 Å². The van der Waals surface area contributed by atoms with Crippen LogP contribution in [0.25, 0.3) is 0 Å². The van der Waals surface area contributed by atoms with Gasteiger partial charge in [-0.15, -0.1) is 0 Å². The summed E-state index contributed by atoms with van der Waals surface area (Å²) in [7, 11) is 1.43. The lowest BCUT2D eigenvalue weighted by Gasteiger charge is -2.01. The minimum absolute atomic E-state index is 0.0267. The highest BCUT2D eigenvalue weighted by Gasteiger charge is 2.61. The molecule has 2 unspecified atom stereocenters. The van der Waals surface area contributed by atoms with Gasteiger partial charge < -0.3 is 9.57 Å². The SMILES string of the molecule is COC(=O)C1C(C=C(C)/C=N/OC(C)C)C1(C)C. The molecular weight excluding hydrogens is 230 g/mol. The molecule has 4 nitrogen and oxygen atoms in total. The lowest BCUT2D eigenvalue weighted by Crippen LogP contribution is -2.07. The zero-order valence-corrected chi connectivity index (χ0v) is 12.1. The Morgan fingerprint density at radius 1 is 1.39 bits per heavy atom. The van der Waals surface area contributed by atoms with Crippen molar-refractivity contribution in [2.45, 2.75) is 40.7 Å². The molecule has 1 aliphatic rings. The van der Waals surface area contributed by atoms with Crippen LogP contribution < -0.4 is 0 Å². The van der Waals surface area contributed by atoms with Gasteiger partial charge in [0.25, 0.3) is 0 Å². The van der Waals surface area contributed by atoms with E-state index in [2.05, 4.69) is 25.1 Å². The van der Waals surface area contributed by atoms with Gasteiger partial charge >= 0.3 is 5.97 Å². The Balaban J connectivity index is 2.62. The van der Waals surface area contributed by atoms with Gasteiger partial charge in [-0.2, -0.15) is 0 Å². The maximum Gasteiger partial charge on any atom is 0.309 e. The monoisotopic (exact) mass is 253 g/mol. The summed E-state index contributed by atoms with van der Waals surface area (Å²) in [6, 6.07) is 0. The van der Waals surface area contributed by atoms with Gasteiger partial charge in [0.2, 0.25) is 0 Å². The van der Waals surface area contributed by atoms with Crippen molar-refractivity contribution in [2.24, 2.45) is 22.4 Å². The molecule has 1 saturated carbocycles. The average Bonchev–Trinajstić information content (AvgIpc) is 2.78. The molecule has 0 aliphatic heterocycles. The third-order valence-corrected chi connectivity index (χ3v) is 3.34. The molecular formula is C14H23NO3. The van der Waals surface area contributed by atoms with Crippen LogP contribution in [0, 0.1) is 17.3 Å². The highest BCUT2D eigenvalue weighted by Crippen LogP contribution is 2.59. The summed E-state index contributed by atoms with van der Waals surface area (Å²) in [5, 5.41) is 3.88. The number of rotatable bonds is 5. The molecule has 1 aliphatic carbocycles. The van der Waals surface area contributed by atoms with E-state index in [4.69, 9.17) is 9.57 Å². The fourth-order valence-corrected chi connectivity index (χ4v) is 2.13. The average molecular weight is 253 g/mol. The van der Waals surface area contributed by atoms with Crippen molar-refractivity contribution in [1.82, 2.24) is 0 Å². The Hall–Kier alpha value is -1.32. The maximum absolute atomic E-state index is 11.6. The van der Waals surface area contributed by atoms with E-state index in [1.165, 1.54) is 7.11 Å². The smallest absolute Gasteiger partial charge is 0.309 e. The van der Waals surface area contributed by atoms with Crippen LogP contribution in [0.15, 0.2) is 16.8 Å². The van der Waals surface area contributed by atoms with Crippen LogP contribution in [0.3, 0.4) is 0 Å². The maximum atomic E-state index is 11.6. The van der Waals surface area contributed by atoms with Gasteiger partial charge in [-0.1, -0.05) is 25.1 Å². The van der Waals surface area contributed by atoms with Gasteiger partial charge in [-0.3, -0.25) is 4.79 Å². The Kier molecular flexibility index (Phi) is 4.54. The van der Waals surface area contributed by atoms with Crippen LogP contribution in [-0.2, 0) is 14.4 Å². The molecule has 0 spiro atoms. The van der Waals surface area contributed by atoms with Gasteiger partial charge in [0, 0.05) is 0 Å². The van der Waals surface area contributed by atoms with Gasteiger partial charge in [0.05, 0.1) is 19.2 Å².